The van der Waals surface area contributed by atoms with E-state index in [1.165, 1.54) is 11.1 Å². The van der Waals surface area contributed by atoms with E-state index in [-0.39, 0.29) is 0 Å². The minimum atomic E-state index is 0.319. The van der Waals surface area contributed by atoms with Crippen molar-refractivity contribution in [2.75, 3.05) is 5.73 Å². The van der Waals surface area contributed by atoms with Gasteiger partial charge in [-0.25, -0.2) is 0 Å². The van der Waals surface area contributed by atoms with E-state index in [9.17, 15) is 0 Å². The van der Waals surface area contributed by atoms with Crippen molar-refractivity contribution in [3.63, 3.8) is 0 Å². The molecule has 0 amide bonds. The second kappa shape index (κ2) is 4.35. The maximum atomic E-state index is 5.69. The first-order chi connectivity index (χ1) is 9.13. The van der Waals surface area contributed by atoms with E-state index in [0.29, 0.717) is 11.6 Å². The summed E-state index contributed by atoms with van der Waals surface area (Å²) in [5.74, 6) is 0.319. The maximum absolute atomic E-state index is 5.69. The van der Waals surface area contributed by atoms with Crippen LogP contribution in [0.2, 0.25) is 0 Å². The fraction of sp³-hybridized carbons (Fsp3) is 0.214. The predicted molar refractivity (Wildman–Crippen MR) is 73.9 cm³/mol. The second-order valence-corrected chi connectivity index (χ2v) is 4.75. The van der Waals surface area contributed by atoms with Crippen molar-refractivity contribution in [1.82, 2.24) is 19.8 Å². The first-order valence-electron chi connectivity index (χ1n) is 6.16. The summed E-state index contributed by atoms with van der Waals surface area (Å²) in [6.07, 6.45) is 0.836. The van der Waals surface area contributed by atoms with Gasteiger partial charge < -0.3 is 5.73 Å². The number of aromatic nitrogens is 4. The molecule has 2 N–H and O–H groups in total. The van der Waals surface area contributed by atoms with Gasteiger partial charge in [0.1, 0.15) is 0 Å². The average molecular weight is 253 g/mol. The molecule has 0 fully saturated rings. The Morgan fingerprint density at radius 2 is 1.84 bits per heavy atom. The molecule has 0 aliphatic rings. The molecule has 2 heterocycles. The quantitative estimate of drug-likeness (QED) is 0.757. The monoisotopic (exact) mass is 253 g/mol. The minimum absolute atomic E-state index is 0.319. The van der Waals surface area contributed by atoms with Crippen LogP contribution in [0.4, 0.5) is 5.95 Å². The van der Waals surface area contributed by atoms with Crippen molar-refractivity contribution in [1.29, 1.82) is 0 Å². The van der Waals surface area contributed by atoms with Crippen LogP contribution in [-0.2, 0) is 6.42 Å². The summed E-state index contributed by atoms with van der Waals surface area (Å²) < 4.78 is 1.56. The molecule has 3 rings (SSSR count). The summed E-state index contributed by atoms with van der Waals surface area (Å²) in [6.45, 7) is 4.06. The Morgan fingerprint density at radius 1 is 1.11 bits per heavy atom. The van der Waals surface area contributed by atoms with Gasteiger partial charge in [-0.15, -0.1) is 10.2 Å². The Balaban J connectivity index is 2.00. The highest BCUT2D eigenvalue weighted by Crippen LogP contribution is 2.15. The third-order valence-corrected chi connectivity index (χ3v) is 3.22. The zero-order valence-corrected chi connectivity index (χ0v) is 11.0. The molecule has 0 radical (unpaired) electrons. The lowest BCUT2D eigenvalue weighted by Crippen LogP contribution is -2.03. The van der Waals surface area contributed by atoms with Gasteiger partial charge in [-0.3, -0.25) is 0 Å². The van der Waals surface area contributed by atoms with Crippen molar-refractivity contribution in [2.45, 2.75) is 20.3 Å². The highest BCUT2D eigenvalue weighted by atomic mass is 15.4. The summed E-state index contributed by atoms with van der Waals surface area (Å²) in [5.41, 5.74) is 11.0. The van der Waals surface area contributed by atoms with E-state index >= 15 is 0 Å². The highest BCUT2D eigenvalue weighted by Gasteiger charge is 2.08. The lowest BCUT2D eigenvalue weighted by molar-refractivity contribution is 0.884. The van der Waals surface area contributed by atoms with Crippen LogP contribution in [0.5, 0.6) is 0 Å². The Hall–Kier alpha value is -2.43. The highest BCUT2D eigenvalue weighted by molar-refractivity contribution is 5.46. The van der Waals surface area contributed by atoms with Gasteiger partial charge >= 0.3 is 0 Å². The van der Waals surface area contributed by atoms with Crippen molar-refractivity contribution < 1.29 is 0 Å². The second-order valence-electron chi connectivity index (χ2n) is 4.75. The Bertz CT molecular complexity index is 727. The van der Waals surface area contributed by atoms with Crippen LogP contribution in [-0.4, -0.2) is 19.8 Å². The number of rotatable bonds is 2. The molecule has 0 saturated carbocycles. The molecule has 3 aromatic rings. The van der Waals surface area contributed by atoms with Gasteiger partial charge in [-0.05, 0) is 37.5 Å². The Kier molecular flexibility index (Phi) is 2.67. The largest absolute Gasteiger partial charge is 0.366 e. The van der Waals surface area contributed by atoms with Gasteiger partial charge in [0.05, 0.1) is 5.69 Å². The summed E-state index contributed by atoms with van der Waals surface area (Å²) in [4.78, 5) is 0. The van der Waals surface area contributed by atoms with Crippen molar-refractivity contribution in [2.24, 2.45) is 0 Å². The fourth-order valence-corrected chi connectivity index (χ4v) is 2.08. The zero-order chi connectivity index (χ0) is 13.4. The molecule has 96 valence electrons. The van der Waals surface area contributed by atoms with Crippen molar-refractivity contribution in [3.05, 3.63) is 52.7 Å². The molecule has 0 bridgehead atoms. The van der Waals surface area contributed by atoms with Gasteiger partial charge in [0, 0.05) is 0 Å². The fourth-order valence-electron chi connectivity index (χ4n) is 2.08. The van der Waals surface area contributed by atoms with Crippen LogP contribution in [0.15, 0.2) is 30.3 Å². The molecule has 0 aliphatic carbocycles. The van der Waals surface area contributed by atoms with Crippen LogP contribution in [0.25, 0.3) is 5.65 Å². The lowest BCUT2D eigenvalue weighted by Gasteiger charge is -2.06. The average Bonchev–Trinajstić information content (AvgIpc) is 2.74. The Labute approximate surface area is 111 Å². The van der Waals surface area contributed by atoms with Gasteiger partial charge in [0.2, 0.25) is 5.95 Å². The van der Waals surface area contributed by atoms with Gasteiger partial charge in [0.25, 0.3) is 0 Å². The third-order valence-electron chi connectivity index (χ3n) is 3.22. The van der Waals surface area contributed by atoms with E-state index in [1.807, 2.05) is 13.0 Å². The molecule has 1 aromatic carbocycles. The Morgan fingerprint density at radius 3 is 2.58 bits per heavy atom. The lowest BCUT2D eigenvalue weighted by atomic mass is 10.0. The molecule has 5 nitrogen and oxygen atoms in total. The topological polar surface area (TPSA) is 69.1 Å². The number of aryl methyl sites for hydroxylation is 2. The first-order valence-corrected chi connectivity index (χ1v) is 6.16. The number of fused-ring (bicyclic) bond motifs is 1. The molecule has 5 heteroatoms. The number of hydrogen-bond donors (Lipinski definition) is 1. The molecule has 0 atom stereocenters. The molecule has 19 heavy (non-hydrogen) atoms. The van der Waals surface area contributed by atoms with E-state index in [4.69, 9.17) is 5.73 Å². The van der Waals surface area contributed by atoms with E-state index in [1.54, 1.807) is 4.52 Å². The number of anilines is 1. The summed E-state index contributed by atoms with van der Waals surface area (Å²) in [7, 11) is 0. The molecule has 2 aromatic heterocycles. The first kappa shape index (κ1) is 11.6. The molecule has 0 unspecified atom stereocenters. The SMILES string of the molecule is Cc1ccc(Cc2cc3nnc(N)n3nc2C)cc1. The van der Waals surface area contributed by atoms with Gasteiger partial charge in [-0.1, -0.05) is 29.8 Å². The van der Waals surface area contributed by atoms with Crippen molar-refractivity contribution in [3.8, 4) is 0 Å². The van der Waals surface area contributed by atoms with Crippen LogP contribution < -0.4 is 5.73 Å². The summed E-state index contributed by atoms with van der Waals surface area (Å²) >= 11 is 0. The van der Waals surface area contributed by atoms with Crippen LogP contribution in [0.1, 0.15) is 22.4 Å². The summed E-state index contributed by atoms with van der Waals surface area (Å²) in [6, 6.07) is 10.5. The zero-order valence-electron chi connectivity index (χ0n) is 11.0. The van der Waals surface area contributed by atoms with E-state index in [2.05, 4.69) is 46.5 Å². The normalized spacial score (nSPS) is 11.1. The number of hydrogen-bond acceptors (Lipinski definition) is 4. The molecular formula is C14H15N5. The van der Waals surface area contributed by atoms with Crippen molar-refractivity contribution >= 4 is 11.6 Å². The van der Waals surface area contributed by atoms with Crippen LogP contribution >= 0.6 is 0 Å². The maximum Gasteiger partial charge on any atom is 0.243 e. The molecule has 0 saturated heterocycles. The number of nitrogens with two attached hydrogens (primary N) is 1. The molecule has 0 aliphatic heterocycles. The van der Waals surface area contributed by atoms with E-state index in [0.717, 1.165) is 17.7 Å². The number of nitrogen functional groups attached to an aromatic ring is 1. The molecule has 0 spiro atoms. The summed E-state index contributed by atoms with van der Waals surface area (Å²) in [5, 5.41) is 12.2. The predicted octanol–water partition coefficient (Wildman–Crippen LogP) is 1.91. The molecular weight excluding hydrogens is 238 g/mol. The van der Waals surface area contributed by atoms with Gasteiger partial charge in [0.15, 0.2) is 5.65 Å². The van der Waals surface area contributed by atoms with Crippen LogP contribution in [0, 0.1) is 13.8 Å². The minimum Gasteiger partial charge on any atom is -0.366 e. The standard InChI is InChI=1S/C14H15N5/c1-9-3-5-11(6-4-9)7-12-8-13-16-17-14(15)19(13)18-10(12)2/h3-6,8H,7H2,1-2H3,(H2,15,17). The number of nitrogens with zero attached hydrogens (tertiary/aromatic N) is 4. The smallest absolute Gasteiger partial charge is 0.243 e. The van der Waals surface area contributed by atoms with Gasteiger partial charge in [-0.2, -0.15) is 9.61 Å². The van der Waals surface area contributed by atoms with E-state index < -0.39 is 0 Å². The van der Waals surface area contributed by atoms with Crippen LogP contribution in [0.3, 0.4) is 0 Å². The number of benzene rings is 1. The third kappa shape index (κ3) is 2.14.